The summed E-state index contributed by atoms with van der Waals surface area (Å²) in [6.07, 6.45) is 0. The molecule has 1 aromatic heterocycles. The number of phenolic OH excluding ortho intramolecular Hbond substituents is 2. The number of azo groups is 3. The fourth-order valence-corrected chi connectivity index (χ4v) is 13.5. The van der Waals surface area contributed by atoms with E-state index in [-0.39, 0.29) is 39.8 Å². The quantitative estimate of drug-likeness (QED) is 0.0161. The van der Waals surface area contributed by atoms with E-state index in [9.17, 15) is 93.3 Å². The molecular weight excluding hydrogens is 1410 g/mol. The number of phenols is 2. The summed E-state index contributed by atoms with van der Waals surface area (Å²) in [5.74, 6) is -4.64. The van der Waals surface area contributed by atoms with Gasteiger partial charge in [0.1, 0.15) is 92.7 Å². The van der Waals surface area contributed by atoms with Gasteiger partial charge in [-0.05, 0) is 89.1 Å². The van der Waals surface area contributed by atoms with Gasteiger partial charge in [0, 0.05) is 42.0 Å². The van der Waals surface area contributed by atoms with E-state index in [1.807, 2.05) is 0 Å². The largest absolute Gasteiger partial charge is 0.505 e. The highest BCUT2D eigenvalue weighted by atomic mass is 35.5. The van der Waals surface area contributed by atoms with Crippen LogP contribution < -0.4 is 30.2 Å². The molecule has 0 atom stereocenters. The van der Waals surface area contributed by atoms with E-state index in [0.717, 1.165) is 62.8 Å². The minimum atomic E-state index is -5.45. The summed E-state index contributed by atoms with van der Waals surface area (Å²) in [6.45, 7) is -1.04. The highest BCUT2D eigenvalue weighted by Gasteiger charge is 2.32. The molecule has 0 aliphatic heterocycles. The molecule has 498 valence electrons. The van der Waals surface area contributed by atoms with E-state index in [1.165, 1.54) is 43.3 Å². The van der Waals surface area contributed by atoms with Crippen molar-refractivity contribution >= 4 is 169 Å². The summed E-state index contributed by atoms with van der Waals surface area (Å²) in [6, 6.07) is 13.9. The number of hydrogen-bond donors (Lipinski definition) is 14. The number of benzene rings is 7. The van der Waals surface area contributed by atoms with Crippen LogP contribution >= 0.6 is 33.3 Å². The molecule has 0 radical (unpaired) electrons. The predicted octanol–water partition coefficient (Wildman–Crippen LogP) is 10.1. The highest BCUT2D eigenvalue weighted by Crippen LogP contribution is 2.58. The number of nitrogen functional groups attached to an aromatic ring is 1. The number of rotatable bonds is 23. The molecule has 46 heteroatoms. The van der Waals surface area contributed by atoms with Gasteiger partial charge < -0.3 is 67.7 Å². The van der Waals surface area contributed by atoms with Crippen molar-refractivity contribution in [2.24, 2.45) is 30.7 Å². The van der Waals surface area contributed by atoms with E-state index >= 15 is 0 Å². The van der Waals surface area contributed by atoms with Gasteiger partial charge in [-0.2, -0.15) is 48.6 Å². The van der Waals surface area contributed by atoms with Crippen LogP contribution in [0.25, 0.3) is 21.5 Å². The minimum absolute atomic E-state index is 0.00128. The van der Waals surface area contributed by atoms with E-state index in [0.29, 0.717) is 12.1 Å². The van der Waals surface area contributed by atoms with E-state index in [1.54, 1.807) is 0 Å². The van der Waals surface area contributed by atoms with Gasteiger partial charge in [-0.25, -0.2) is 12.6 Å². The fourth-order valence-electron chi connectivity index (χ4n) is 8.41. The lowest BCUT2D eigenvalue weighted by molar-refractivity contribution is 0.283. The first kappa shape index (κ1) is 70.4. The van der Waals surface area contributed by atoms with Crippen LogP contribution in [-0.4, -0.2) is 154 Å². The average Bonchev–Trinajstić information content (AvgIpc) is 0.748. The number of nitrogens with zero attached hydrogens (tertiary/aromatic N) is 10. The minimum Gasteiger partial charge on any atom is -0.505 e. The second kappa shape index (κ2) is 26.2. The van der Waals surface area contributed by atoms with Gasteiger partial charge in [0.2, 0.25) is 17.2 Å². The van der Waals surface area contributed by atoms with Crippen molar-refractivity contribution in [2.75, 3.05) is 56.7 Å². The molecule has 0 spiro atoms. The van der Waals surface area contributed by atoms with Gasteiger partial charge >= 0.3 is 10.4 Å². The van der Waals surface area contributed by atoms with Crippen molar-refractivity contribution in [1.29, 1.82) is 0 Å². The molecule has 0 saturated heterocycles. The molecule has 1 heterocycles. The fraction of sp³-hybridized carbons (Fsp3) is 0.128. The zero-order valence-corrected chi connectivity index (χ0v) is 53.3. The van der Waals surface area contributed by atoms with Crippen LogP contribution in [-0.2, 0) is 54.8 Å². The van der Waals surface area contributed by atoms with Crippen LogP contribution in [0.4, 0.5) is 63.1 Å². The number of ether oxygens (including phenoxy) is 3. The van der Waals surface area contributed by atoms with Crippen molar-refractivity contribution in [3.8, 4) is 28.7 Å². The summed E-state index contributed by atoms with van der Waals surface area (Å²) in [5.41, 5.74) is 0.933. The van der Waals surface area contributed by atoms with Crippen molar-refractivity contribution in [1.82, 2.24) is 15.0 Å². The third kappa shape index (κ3) is 15.8. The summed E-state index contributed by atoms with van der Waals surface area (Å²) >= 11 is 6.32. The first-order chi connectivity index (χ1) is 43.0. The van der Waals surface area contributed by atoms with E-state index in [4.69, 9.17) is 36.1 Å². The van der Waals surface area contributed by atoms with Crippen LogP contribution in [0.2, 0.25) is 5.28 Å². The third-order valence-electron chi connectivity index (χ3n) is 12.6. The molecule has 93 heavy (non-hydrogen) atoms. The molecule has 8 aromatic rings. The molecule has 0 aliphatic carbocycles. The SMILES string of the molecule is COc1ccc(N=Nc2c(S(O)(O)O)cc3cc(N(C)c4nc(Cl)nc(Nc5ccc(S(=O)(=O)O)c(N=Nc6c(S(O)(O)O)cc7cc(S(=O)(=O)O)c(N=Nc8cc(OC)c(S(=O)(=O)CCOS(=O)(=O)O)cc8OC)c(N)c7c6O)c5)n4)ccc3c2O)c(S(=O)(=O)O)c1. The number of sulfone groups is 1. The normalized spacial score (nSPS) is 13.4. The Morgan fingerprint density at radius 1 is 0.538 bits per heavy atom. The van der Waals surface area contributed by atoms with Gasteiger partial charge in [-0.3, -0.25) is 18.2 Å². The molecule has 7 aromatic carbocycles. The standard InChI is InChI=1S/C47H45ClN12O26S7/c1-60(24-6-8-26-21(13-24)14-36(91(74,75)76)41(43(26)61)58-54-27-9-7-25(83-2)18-33(27)89(68,69)70)47-52-45(48)51-46(53-47)50-23-5-10-32(88(65,66)67)29(17-23)56-59-42-37(92(77,78)79)16-22-15-35(90(71,72)73)40(39(49)38(22)44(42)62)57-55-28-19-31(85-4)34(20-30(28)84-3)87(63,64)12-11-86-93(80,81)82/h5-10,13-20,61-62,74-79H,11-12,49H2,1-4H3,(H,65,66,67)(H,68,69,70)(H,71,72,73)(H,80,81,82)(H,50,51,52,53). The number of fused-ring (bicyclic) bond motifs is 2. The van der Waals surface area contributed by atoms with Crippen LogP contribution in [0.5, 0.6) is 28.7 Å². The van der Waals surface area contributed by atoms with Crippen molar-refractivity contribution in [3.63, 3.8) is 0 Å². The van der Waals surface area contributed by atoms with E-state index in [2.05, 4.69) is 55.1 Å². The number of aromatic nitrogens is 3. The lowest BCUT2D eigenvalue weighted by Crippen LogP contribution is -2.16. The molecule has 0 amide bonds. The zero-order chi connectivity index (χ0) is 68.9. The molecule has 15 N–H and O–H groups in total. The second-order valence-corrected chi connectivity index (χ2v) is 29.2. The summed E-state index contributed by atoms with van der Waals surface area (Å²) in [4.78, 5) is 8.21. The summed E-state index contributed by atoms with van der Waals surface area (Å²) < 4.78 is 246. The predicted molar refractivity (Wildman–Crippen MR) is 330 cm³/mol. The topological polar surface area (TPSA) is 605 Å². The average molecular weight is 1450 g/mol. The van der Waals surface area contributed by atoms with Crippen molar-refractivity contribution < 1.29 is 116 Å². The Morgan fingerprint density at radius 3 is 1.69 bits per heavy atom. The number of nitrogens with one attached hydrogen (secondary N) is 1. The van der Waals surface area contributed by atoms with Gasteiger partial charge in [0.15, 0.2) is 21.3 Å². The molecule has 0 saturated carbocycles. The molecule has 0 fully saturated rings. The van der Waals surface area contributed by atoms with Crippen molar-refractivity contribution in [3.05, 3.63) is 90.2 Å². The smallest absolute Gasteiger partial charge is 0.397 e. The number of aromatic hydroxyl groups is 2. The Balaban J connectivity index is 1.16. The molecule has 8 rings (SSSR count). The zero-order valence-electron chi connectivity index (χ0n) is 46.9. The number of methoxy groups -OCH3 is 3. The first-order valence-electron chi connectivity index (χ1n) is 24.5. The maximum absolute atomic E-state index is 13.2. The Kier molecular flexibility index (Phi) is 19.8. The molecule has 0 bridgehead atoms. The van der Waals surface area contributed by atoms with Crippen LogP contribution in [0.1, 0.15) is 0 Å². The van der Waals surface area contributed by atoms with Crippen LogP contribution in [0, 0.1) is 0 Å². The molecule has 0 aliphatic rings. The first-order valence-corrected chi connectivity index (χ1v) is 35.2. The monoisotopic (exact) mass is 1450 g/mol. The second-order valence-electron chi connectivity index (χ2n) is 18.5. The number of nitrogens with two attached hydrogens (primary N) is 1. The molecular formula is C47H45ClN12O26S7. The van der Waals surface area contributed by atoms with Crippen LogP contribution in [0.3, 0.4) is 0 Å². The Morgan fingerprint density at radius 2 is 1.11 bits per heavy atom. The third-order valence-corrected chi connectivity index (χ3v) is 19.4. The Hall–Kier alpha value is -8.43. The lowest BCUT2D eigenvalue weighted by Gasteiger charge is -2.23. The Bertz CT molecular complexity index is 5080. The number of halogens is 1. The van der Waals surface area contributed by atoms with Gasteiger partial charge in [-0.1, -0.05) is 0 Å². The van der Waals surface area contributed by atoms with Gasteiger partial charge in [0.25, 0.3) is 30.4 Å². The van der Waals surface area contributed by atoms with Gasteiger partial charge in [0.05, 0.1) is 54.6 Å². The maximum atomic E-state index is 13.2. The molecule has 0 unspecified atom stereocenters. The Labute approximate surface area is 532 Å². The molecule has 38 nitrogen and oxygen atoms in total. The van der Waals surface area contributed by atoms with Crippen LogP contribution in [0.15, 0.2) is 145 Å². The van der Waals surface area contributed by atoms with Crippen molar-refractivity contribution in [2.45, 2.75) is 29.4 Å². The summed E-state index contributed by atoms with van der Waals surface area (Å²) in [5, 5.41) is 46.9. The number of hydrogen-bond acceptors (Lipinski definition) is 34. The summed E-state index contributed by atoms with van der Waals surface area (Å²) in [7, 11) is -30.4. The highest BCUT2D eigenvalue weighted by molar-refractivity contribution is 8.19. The van der Waals surface area contributed by atoms with Gasteiger partial charge in [-0.15, -0.1) is 30.7 Å². The van der Waals surface area contributed by atoms with E-state index < -0.39 is 193 Å². The lowest BCUT2D eigenvalue weighted by atomic mass is 10.1. The maximum Gasteiger partial charge on any atom is 0.397 e. The number of anilines is 5.